The molecular weight excluding hydrogens is 342 g/mol. The first-order chi connectivity index (χ1) is 9.56. The van der Waals surface area contributed by atoms with Crippen molar-refractivity contribution in [2.24, 2.45) is 0 Å². The normalized spacial score (nSPS) is 10.8. The van der Waals surface area contributed by atoms with Gasteiger partial charge in [-0.15, -0.1) is 0 Å². The Labute approximate surface area is 132 Å². The second-order valence-electron chi connectivity index (χ2n) is 4.35. The van der Waals surface area contributed by atoms with Crippen molar-refractivity contribution in [1.29, 1.82) is 0 Å². The number of nitrogen functional groups attached to an aromatic ring is 1. The van der Waals surface area contributed by atoms with Crippen molar-refractivity contribution in [2.45, 2.75) is 33.4 Å². The summed E-state index contributed by atoms with van der Waals surface area (Å²) in [5.74, 6) is 0.693. The van der Waals surface area contributed by atoms with Crippen molar-refractivity contribution < 1.29 is 4.74 Å². The van der Waals surface area contributed by atoms with Crippen molar-refractivity contribution in [3.8, 4) is 5.75 Å². The van der Waals surface area contributed by atoms with Crippen LogP contribution in [-0.4, -0.2) is 9.78 Å². The summed E-state index contributed by atoms with van der Waals surface area (Å²) in [6, 6.07) is 5.27. The zero-order chi connectivity index (χ0) is 14.7. The minimum Gasteiger partial charge on any atom is -0.487 e. The molecule has 0 radical (unpaired) electrons. The minimum absolute atomic E-state index is 0.432. The number of hydrogen-bond donors (Lipinski definition) is 1. The van der Waals surface area contributed by atoms with Gasteiger partial charge in [-0.3, -0.25) is 4.68 Å². The van der Waals surface area contributed by atoms with Crippen LogP contribution in [-0.2, 0) is 19.6 Å². The molecule has 0 fully saturated rings. The Morgan fingerprint density at radius 2 is 2.15 bits per heavy atom. The first kappa shape index (κ1) is 15.2. The van der Waals surface area contributed by atoms with E-state index in [1.807, 2.05) is 10.7 Å². The van der Waals surface area contributed by atoms with Gasteiger partial charge in [0.25, 0.3) is 0 Å². The van der Waals surface area contributed by atoms with E-state index in [2.05, 4.69) is 34.9 Å². The van der Waals surface area contributed by atoms with Gasteiger partial charge in [0, 0.05) is 12.6 Å². The fraction of sp³-hybridized carbons (Fsp3) is 0.357. The summed E-state index contributed by atoms with van der Waals surface area (Å²) in [6.07, 6.45) is 0.883. The molecule has 0 bridgehead atoms. The lowest BCUT2D eigenvalue weighted by molar-refractivity contribution is 0.292. The smallest absolute Gasteiger partial charge is 0.131 e. The van der Waals surface area contributed by atoms with Crippen LogP contribution in [0.3, 0.4) is 0 Å². The Kier molecular flexibility index (Phi) is 4.94. The van der Waals surface area contributed by atoms with Crippen LogP contribution < -0.4 is 10.5 Å². The van der Waals surface area contributed by atoms with Gasteiger partial charge in [0.05, 0.1) is 26.6 Å². The van der Waals surface area contributed by atoms with Gasteiger partial charge >= 0.3 is 0 Å². The van der Waals surface area contributed by atoms with Gasteiger partial charge in [0.1, 0.15) is 12.4 Å². The Balaban J connectivity index is 2.17. The van der Waals surface area contributed by atoms with Crippen LogP contribution in [0.15, 0.2) is 22.7 Å². The van der Waals surface area contributed by atoms with Gasteiger partial charge in [-0.25, -0.2) is 0 Å². The fourth-order valence-electron chi connectivity index (χ4n) is 1.90. The largest absolute Gasteiger partial charge is 0.487 e. The van der Waals surface area contributed by atoms with Crippen LogP contribution in [0.25, 0.3) is 0 Å². The minimum atomic E-state index is 0.432. The predicted octanol–water partition coefficient (Wildman–Crippen LogP) is 4.04. The highest BCUT2D eigenvalue weighted by molar-refractivity contribution is 9.10. The number of nitrogens with zero attached hydrogens (tertiary/aromatic N) is 2. The summed E-state index contributed by atoms with van der Waals surface area (Å²) in [4.78, 5) is 0. The highest BCUT2D eigenvalue weighted by Gasteiger charge is 2.14. The lowest BCUT2D eigenvalue weighted by Gasteiger charge is -2.09. The lowest BCUT2D eigenvalue weighted by Crippen LogP contribution is -2.06. The Bertz CT molecular complexity index is 613. The van der Waals surface area contributed by atoms with Crippen LogP contribution in [0, 0.1) is 0 Å². The molecule has 2 N–H and O–H groups in total. The van der Waals surface area contributed by atoms with Gasteiger partial charge in [0.2, 0.25) is 0 Å². The molecule has 0 aliphatic carbocycles. The zero-order valence-corrected chi connectivity index (χ0v) is 13.8. The van der Waals surface area contributed by atoms with E-state index in [1.54, 1.807) is 12.1 Å². The predicted molar refractivity (Wildman–Crippen MR) is 85.2 cm³/mol. The van der Waals surface area contributed by atoms with E-state index >= 15 is 0 Å². The molecule has 0 aliphatic rings. The third-order valence-electron chi connectivity index (χ3n) is 3.04. The molecule has 0 atom stereocenters. The maximum absolute atomic E-state index is 5.98. The van der Waals surface area contributed by atoms with Gasteiger partial charge in [-0.05, 0) is 41.4 Å². The first-order valence-corrected chi connectivity index (χ1v) is 7.65. The summed E-state index contributed by atoms with van der Waals surface area (Å²) in [7, 11) is 0. The Morgan fingerprint density at radius 1 is 1.40 bits per heavy atom. The van der Waals surface area contributed by atoms with E-state index in [4.69, 9.17) is 22.1 Å². The molecule has 1 heterocycles. The second kappa shape index (κ2) is 6.50. The van der Waals surface area contributed by atoms with Crippen LogP contribution in [0.1, 0.15) is 25.2 Å². The number of halogens is 2. The molecule has 20 heavy (non-hydrogen) atoms. The number of anilines is 1. The third-order valence-corrected chi connectivity index (χ3v) is 4.28. The fourth-order valence-corrected chi connectivity index (χ4v) is 2.75. The molecular formula is C14H17BrClN3O. The van der Waals surface area contributed by atoms with Crippen molar-refractivity contribution >= 4 is 33.2 Å². The standard InChI is InChI=1S/C14H17BrClN3O/c1-3-12-14(15)13(19(4-2)18-12)8-20-9-5-6-11(17)10(16)7-9/h5-7H,3-4,8,17H2,1-2H3. The second-order valence-corrected chi connectivity index (χ2v) is 5.55. The molecule has 2 aromatic rings. The van der Waals surface area contributed by atoms with Crippen LogP contribution >= 0.6 is 27.5 Å². The number of aromatic nitrogens is 2. The molecule has 0 saturated heterocycles. The molecule has 0 unspecified atom stereocenters. The van der Waals surface area contributed by atoms with Crippen LogP contribution in [0.4, 0.5) is 5.69 Å². The maximum atomic E-state index is 5.98. The van der Waals surface area contributed by atoms with Gasteiger partial charge in [-0.1, -0.05) is 18.5 Å². The number of aryl methyl sites for hydroxylation is 2. The van der Waals surface area contributed by atoms with E-state index in [0.29, 0.717) is 23.1 Å². The average molecular weight is 359 g/mol. The number of hydrogen-bond acceptors (Lipinski definition) is 3. The molecule has 0 aliphatic heterocycles. The Morgan fingerprint density at radius 3 is 2.75 bits per heavy atom. The highest BCUT2D eigenvalue weighted by atomic mass is 79.9. The quantitative estimate of drug-likeness (QED) is 0.821. The summed E-state index contributed by atoms with van der Waals surface area (Å²) in [6.45, 7) is 5.38. The van der Waals surface area contributed by atoms with E-state index in [0.717, 1.165) is 28.8 Å². The summed E-state index contributed by atoms with van der Waals surface area (Å²) in [5.41, 5.74) is 8.29. The molecule has 1 aromatic carbocycles. The monoisotopic (exact) mass is 357 g/mol. The van der Waals surface area contributed by atoms with E-state index in [9.17, 15) is 0 Å². The topological polar surface area (TPSA) is 53.1 Å². The van der Waals surface area contributed by atoms with E-state index < -0.39 is 0 Å². The average Bonchev–Trinajstić information content (AvgIpc) is 2.76. The van der Waals surface area contributed by atoms with Crippen molar-refractivity contribution in [3.63, 3.8) is 0 Å². The summed E-state index contributed by atoms with van der Waals surface area (Å²) >= 11 is 9.57. The maximum Gasteiger partial charge on any atom is 0.131 e. The third kappa shape index (κ3) is 3.10. The van der Waals surface area contributed by atoms with Gasteiger partial charge in [-0.2, -0.15) is 5.10 Å². The number of rotatable bonds is 5. The number of benzene rings is 1. The molecule has 4 nitrogen and oxygen atoms in total. The van der Waals surface area contributed by atoms with Gasteiger partial charge < -0.3 is 10.5 Å². The molecule has 0 spiro atoms. The number of ether oxygens (including phenoxy) is 1. The van der Waals surface area contributed by atoms with E-state index in [-0.39, 0.29) is 0 Å². The van der Waals surface area contributed by atoms with Crippen molar-refractivity contribution in [2.75, 3.05) is 5.73 Å². The van der Waals surface area contributed by atoms with Crippen molar-refractivity contribution in [1.82, 2.24) is 9.78 Å². The Hall–Kier alpha value is -1.20. The van der Waals surface area contributed by atoms with Crippen molar-refractivity contribution in [3.05, 3.63) is 39.1 Å². The molecule has 2 rings (SSSR count). The lowest BCUT2D eigenvalue weighted by atomic mass is 10.3. The zero-order valence-electron chi connectivity index (χ0n) is 11.5. The number of nitrogens with two attached hydrogens (primary N) is 1. The SMILES string of the molecule is CCc1nn(CC)c(COc2ccc(N)c(Cl)c2)c1Br. The molecule has 0 saturated carbocycles. The van der Waals surface area contributed by atoms with Gasteiger partial charge in [0.15, 0.2) is 0 Å². The first-order valence-electron chi connectivity index (χ1n) is 6.48. The van der Waals surface area contributed by atoms with Crippen LogP contribution in [0.5, 0.6) is 5.75 Å². The highest BCUT2D eigenvalue weighted by Crippen LogP contribution is 2.27. The summed E-state index contributed by atoms with van der Waals surface area (Å²) in [5, 5.41) is 5.03. The molecule has 1 aromatic heterocycles. The molecule has 108 valence electrons. The van der Waals surface area contributed by atoms with Crippen LogP contribution in [0.2, 0.25) is 5.02 Å². The molecule has 0 amide bonds. The van der Waals surface area contributed by atoms with E-state index in [1.165, 1.54) is 0 Å². The molecule has 6 heteroatoms. The summed E-state index contributed by atoms with van der Waals surface area (Å²) < 4.78 is 8.74.